The lowest BCUT2D eigenvalue weighted by Gasteiger charge is -2.55. The molecule has 0 aromatic rings. The maximum Gasteiger partial charge on any atom is 0.0975 e. The fourth-order valence-electron chi connectivity index (χ4n) is 4.72. The van der Waals surface area contributed by atoms with E-state index in [-0.39, 0.29) is 11.5 Å². The summed E-state index contributed by atoms with van der Waals surface area (Å²) in [6.45, 7) is 5.22. The van der Waals surface area contributed by atoms with Crippen LogP contribution in [0.25, 0.3) is 0 Å². The molecule has 20 heavy (non-hydrogen) atoms. The fraction of sp³-hybridized carbons (Fsp3) is 1.00. The zero-order valence-corrected chi connectivity index (χ0v) is 13.5. The van der Waals surface area contributed by atoms with Crippen molar-refractivity contribution < 1.29 is 9.84 Å². The summed E-state index contributed by atoms with van der Waals surface area (Å²) in [7, 11) is 1.74. The first-order valence-electron chi connectivity index (χ1n) is 8.44. The molecule has 2 aliphatic rings. The highest BCUT2D eigenvalue weighted by Crippen LogP contribution is 2.53. The molecule has 2 fully saturated rings. The Morgan fingerprint density at radius 3 is 2.30 bits per heavy atom. The average molecular weight is 283 g/mol. The number of methoxy groups -OCH3 is 1. The van der Waals surface area contributed by atoms with Gasteiger partial charge in [0.05, 0.1) is 11.7 Å². The highest BCUT2D eigenvalue weighted by molar-refractivity contribution is 5.07. The van der Waals surface area contributed by atoms with Crippen molar-refractivity contribution in [2.45, 2.75) is 76.9 Å². The molecule has 0 bridgehead atoms. The zero-order chi connectivity index (χ0) is 14.8. The Bertz CT molecular complexity index is 310. The summed E-state index contributed by atoms with van der Waals surface area (Å²) in [4.78, 5) is 0. The molecule has 2 unspecified atom stereocenters. The van der Waals surface area contributed by atoms with Crippen LogP contribution in [0.4, 0.5) is 0 Å². The van der Waals surface area contributed by atoms with Crippen LogP contribution in [0.1, 0.15) is 65.2 Å². The summed E-state index contributed by atoms with van der Waals surface area (Å²) in [6, 6.07) is 0. The van der Waals surface area contributed by atoms with Gasteiger partial charge >= 0.3 is 0 Å². The first-order chi connectivity index (χ1) is 9.49. The van der Waals surface area contributed by atoms with Crippen LogP contribution in [-0.4, -0.2) is 30.5 Å². The van der Waals surface area contributed by atoms with Crippen molar-refractivity contribution in [3.8, 4) is 0 Å². The first-order valence-corrected chi connectivity index (χ1v) is 8.44. The zero-order valence-electron chi connectivity index (χ0n) is 13.5. The highest BCUT2D eigenvalue weighted by atomic mass is 16.5. The van der Waals surface area contributed by atoms with Gasteiger partial charge in [-0.1, -0.05) is 26.7 Å². The normalized spacial score (nSPS) is 42.9. The van der Waals surface area contributed by atoms with Gasteiger partial charge in [-0.3, -0.25) is 0 Å². The molecule has 3 N–H and O–H groups in total. The van der Waals surface area contributed by atoms with E-state index in [1.807, 2.05) is 0 Å². The second kappa shape index (κ2) is 6.33. The third kappa shape index (κ3) is 2.65. The van der Waals surface area contributed by atoms with Crippen LogP contribution in [0.3, 0.4) is 0 Å². The standard InChI is InChI=1S/C17H33NO2/c1-13(2)14-7-10-16(12-18,11-8-14)17(19)9-5-4-6-15(17)20-3/h13-15,19H,4-12,18H2,1-3H3. The molecule has 0 aromatic carbocycles. The van der Waals surface area contributed by atoms with E-state index in [0.717, 1.165) is 50.4 Å². The third-order valence-electron chi connectivity index (χ3n) is 6.33. The predicted octanol–water partition coefficient (Wildman–Crippen LogP) is 3.10. The molecule has 2 rings (SSSR count). The SMILES string of the molecule is COC1CCCCC1(O)C1(CN)CCC(C(C)C)CC1. The third-order valence-corrected chi connectivity index (χ3v) is 6.33. The molecule has 0 aromatic heterocycles. The Kier molecular flexibility index (Phi) is 5.14. The molecule has 0 heterocycles. The van der Waals surface area contributed by atoms with E-state index in [2.05, 4.69) is 13.8 Å². The Morgan fingerprint density at radius 1 is 1.15 bits per heavy atom. The minimum absolute atomic E-state index is 0.0320. The van der Waals surface area contributed by atoms with Gasteiger partial charge in [0.1, 0.15) is 0 Å². The maximum absolute atomic E-state index is 11.4. The maximum atomic E-state index is 11.4. The van der Waals surface area contributed by atoms with E-state index in [4.69, 9.17) is 10.5 Å². The molecule has 2 aliphatic carbocycles. The van der Waals surface area contributed by atoms with Gasteiger partial charge in [-0.05, 0) is 50.4 Å². The fourth-order valence-corrected chi connectivity index (χ4v) is 4.72. The van der Waals surface area contributed by atoms with E-state index in [0.29, 0.717) is 6.54 Å². The minimum Gasteiger partial charge on any atom is -0.387 e. The monoisotopic (exact) mass is 283 g/mol. The van der Waals surface area contributed by atoms with Gasteiger partial charge < -0.3 is 15.6 Å². The number of hydrogen-bond donors (Lipinski definition) is 2. The van der Waals surface area contributed by atoms with Gasteiger partial charge in [0.2, 0.25) is 0 Å². The Morgan fingerprint density at radius 2 is 1.80 bits per heavy atom. The average Bonchev–Trinajstić information content (AvgIpc) is 2.47. The van der Waals surface area contributed by atoms with Crippen LogP contribution in [0.2, 0.25) is 0 Å². The molecule has 0 saturated heterocycles. The van der Waals surface area contributed by atoms with Gasteiger partial charge in [-0.15, -0.1) is 0 Å². The van der Waals surface area contributed by atoms with Gasteiger partial charge in [0.25, 0.3) is 0 Å². The van der Waals surface area contributed by atoms with Crippen LogP contribution < -0.4 is 5.73 Å². The first kappa shape index (κ1) is 16.3. The van der Waals surface area contributed by atoms with Crippen LogP contribution in [-0.2, 0) is 4.74 Å². The summed E-state index contributed by atoms with van der Waals surface area (Å²) in [5, 5.41) is 11.4. The molecule has 0 radical (unpaired) electrons. The number of aliphatic hydroxyl groups is 1. The van der Waals surface area contributed by atoms with E-state index in [1.165, 1.54) is 12.8 Å². The molecule has 0 spiro atoms. The van der Waals surface area contributed by atoms with Gasteiger partial charge in [-0.25, -0.2) is 0 Å². The van der Waals surface area contributed by atoms with E-state index >= 15 is 0 Å². The van der Waals surface area contributed by atoms with Crippen molar-refractivity contribution in [1.29, 1.82) is 0 Å². The van der Waals surface area contributed by atoms with E-state index < -0.39 is 5.60 Å². The van der Waals surface area contributed by atoms with Crippen molar-refractivity contribution in [1.82, 2.24) is 0 Å². The Balaban J connectivity index is 2.18. The van der Waals surface area contributed by atoms with Crippen molar-refractivity contribution in [3.63, 3.8) is 0 Å². The summed E-state index contributed by atoms with van der Waals surface area (Å²) < 4.78 is 5.66. The van der Waals surface area contributed by atoms with Crippen molar-refractivity contribution in [3.05, 3.63) is 0 Å². The quantitative estimate of drug-likeness (QED) is 0.833. The Hall–Kier alpha value is -0.120. The van der Waals surface area contributed by atoms with Crippen molar-refractivity contribution in [2.24, 2.45) is 23.0 Å². The van der Waals surface area contributed by atoms with Crippen LogP contribution in [0.5, 0.6) is 0 Å². The summed E-state index contributed by atoms with van der Waals surface area (Å²) in [5.74, 6) is 1.54. The van der Waals surface area contributed by atoms with Gasteiger partial charge in [-0.2, -0.15) is 0 Å². The summed E-state index contributed by atoms with van der Waals surface area (Å²) in [6.07, 6.45) is 8.58. The second-order valence-electron chi connectivity index (χ2n) is 7.46. The van der Waals surface area contributed by atoms with Crippen LogP contribution in [0, 0.1) is 17.3 Å². The lowest BCUT2D eigenvalue weighted by molar-refractivity contribution is -0.198. The predicted molar refractivity (Wildman–Crippen MR) is 82.5 cm³/mol. The number of nitrogens with two attached hydrogens (primary N) is 1. The summed E-state index contributed by atoms with van der Waals surface area (Å²) in [5.41, 5.74) is 5.34. The van der Waals surface area contributed by atoms with E-state index in [9.17, 15) is 5.11 Å². The lowest BCUT2D eigenvalue weighted by atomic mass is 9.55. The topological polar surface area (TPSA) is 55.5 Å². The minimum atomic E-state index is -0.712. The highest BCUT2D eigenvalue weighted by Gasteiger charge is 2.55. The molecule has 3 nitrogen and oxygen atoms in total. The smallest absolute Gasteiger partial charge is 0.0975 e. The number of ether oxygens (including phenoxy) is 1. The number of rotatable bonds is 4. The molecular formula is C17H33NO2. The summed E-state index contributed by atoms with van der Waals surface area (Å²) >= 11 is 0. The lowest BCUT2D eigenvalue weighted by Crippen LogP contribution is -2.62. The second-order valence-corrected chi connectivity index (χ2v) is 7.46. The molecule has 3 heteroatoms. The molecule has 2 atom stereocenters. The van der Waals surface area contributed by atoms with Crippen molar-refractivity contribution >= 4 is 0 Å². The van der Waals surface area contributed by atoms with Crippen molar-refractivity contribution in [2.75, 3.05) is 13.7 Å². The molecule has 118 valence electrons. The molecular weight excluding hydrogens is 250 g/mol. The van der Waals surface area contributed by atoms with Gasteiger partial charge in [0, 0.05) is 19.1 Å². The van der Waals surface area contributed by atoms with Crippen LogP contribution >= 0.6 is 0 Å². The number of hydrogen-bond acceptors (Lipinski definition) is 3. The molecule has 0 amide bonds. The van der Waals surface area contributed by atoms with Crippen LogP contribution in [0.15, 0.2) is 0 Å². The van der Waals surface area contributed by atoms with E-state index in [1.54, 1.807) is 7.11 Å². The molecule has 2 saturated carbocycles. The largest absolute Gasteiger partial charge is 0.387 e. The molecule has 0 aliphatic heterocycles. The van der Waals surface area contributed by atoms with Gasteiger partial charge in [0.15, 0.2) is 0 Å². The Labute approximate surface area is 124 Å².